The fraction of sp³-hybridized carbons (Fsp3) is 0.444. The van der Waals surface area contributed by atoms with Crippen molar-refractivity contribution in [2.24, 2.45) is 0 Å². The molecular formula is C18H23N5O3. The Morgan fingerprint density at radius 3 is 3.00 bits per heavy atom. The molecule has 1 N–H and O–H groups in total. The van der Waals surface area contributed by atoms with Crippen molar-refractivity contribution in [3.63, 3.8) is 0 Å². The predicted molar refractivity (Wildman–Crippen MR) is 95.6 cm³/mol. The van der Waals surface area contributed by atoms with Crippen molar-refractivity contribution in [1.29, 1.82) is 0 Å². The highest BCUT2D eigenvalue weighted by molar-refractivity contribution is 6.02. The van der Waals surface area contributed by atoms with Crippen LogP contribution in [0, 0.1) is 0 Å². The molecule has 3 heterocycles. The number of hydrogen-bond acceptors (Lipinski definition) is 5. The van der Waals surface area contributed by atoms with E-state index in [4.69, 9.17) is 4.74 Å². The molecule has 3 rings (SSSR count). The number of anilines is 1. The molecule has 8 nitrogen and oxygen atoms in total. The van der Waals surface area contributed by atoms with Gasteiger partial charge < -0.3 is 15.0 Å². The van der Waals surface area contributed by atoms with Crippen molar-refractivity contribution >= 4 is 17.5 Å². The number of nitrogens with zero attached hydrogens (tertiary/aromatic N) is 4. The van der Waals surface area contributed by atoms with Crippen LogP contribution in [-0.4, -0.2) is 57.3 Å². The van der Waals surface area contributed by atoms with Crippen molar-refractivity contribution in [1.82, 2.24) is 19.7 Å². The van der Waals surface area contributed by atoms with Crippen LogP contribution in [0.25, 0.3) is 0 Å². The van der Waals surface area contributed by atoms with Gasteiger partial charge in [-0.2, -0.15) is 5.10 Å². The summed E-state index contributed by atoms with van der Waals surface area (Å²) in [5.41, 5.74) is 0.848. The molecule has 2 aromatic heterocycles. The predicted octanol–water partition coefficient (Wildman–Crippen LogP) is 1.56. The average Bonchev–Trinajstić information content (AvgIpc) is 3.32. The number of likely N-dealkylation sites (N-methyl/N-ethyl adjacent to an activating group) is 1. The van der Waals surface area contributed by atoms with Gasteiger partial charge in [0.25, 0.3) is 5.91 Å². The Balaban J connectivity index is 1.55. The van der Waals surface area contributed by atoms with E-state index in [0.717, 1.165) is 19.4 Å². The minimum absolute atomic E-state index is 0.0197. The standard InChI is InChI=1S/C18H23N5O3/c1-2-22(12-15-6-5-9-26-15)17(24)13-23-11-14(10-20-23)21-18(25)16-7-3-4-8-19-16/h3-4,7-8,10-11,15H,2,5-6,9,12-13H2,1H3,(H,21,25)/t15-/m1/s1. The number of pyridine rings is 1. The van der Waals surface area contributed by atoms with E-state index in [1.807, 2.05) is 6.92 Å². The number of aromatic nitrogens is 3. The summed E-state index contributed by atoms with van der Waals surface area (Å²) in [6.45, 7) is 4.09. The highest BCUT2D eigenvalue weighted by atomic mass is 16.5. The Morgan fingerprint density at radius 1 is 1.42 bits per heavy atom. The zero-order chi connectivity index (χ0) is 18.4. The topological polar surface area (TPSA) is 89.4 Å². The Hall–Kier alpha value is -2.74. The molecule has 0 spiro atoms. The summed E-state index contributed by atoms with van der Waals surface area (Å²) in [5.74, 6) is -0.334. The first kappa shape index (κ1) is 18.1. The Bertz CT molecular complexity index is 740. The third kappa shape index (κ3) is 4.66. The van der Waals surface area contributed by atoms with Crippen molar-refractivity contribution in [2.45, 2.75) is 32.4 Å². The Morgan fingerprint density at radius 2 is 2.31 bits per heavy atom. The Labute approximate surface area is 152 Å². The van der Waals surface area contributed by atoms with Crippen LogP contribution in [0.3, 0.4) is 0 Å². The number of carbonyl (C=O) groups excluding carboxylic acids is 2. The number of carbonyl (C=O) groups is 2. The van der Waals surface area contributed by atoms with Gasteiger partial charge in [0.1, 0.15) is 12.2 Å². The van der Waals surface area contributed by atoms with E-state index < -0.39 is 0 Å². The first-order valence-electron chi connectivity index (χ1n) is 8.80. The molecule has 0 aromatic carbocycles. The molecule has 2 aromatic rings. The van der Waals surface area contributed by atoms with Crippen LogP contribution >= 0.6 is 0 Å². The molecule has 1 saturated heterocycles. The van der Waals surface area contributed by atoms with Gasteiger partial charge in [0, 0.05) is 32.1 Å². The lowest BCUT2D eigenvalue weighted by molar-refractivity contribution is -0.133. The minimum Gasteiger partial charge on any atom is -0.376 e. The average molecular weight is 357 g/mol. The fourth-order valence-corrected chi connectivity index (χ4v) is 2.89. The second-order valence-corrected chi connectivity index (χ2v) is 6.16. The number of rotatable bonds is 7. The van der Waals surface area contributed by atoms with E-state index in [9.17, 15) is 9.59 Å². The summed E-state index contributed by atoms with van der Waals surface area (Å²) in [6.07, 6.45) is 6.89. The summed E-state index contributed by atoms with van der Waals surface area (Å²) >= 11 is 0. The van der Waals surface area contributed by atoms with Crippen LogP contribution < -0.4 is 5.32 Å². The van der Waals surface area contributed by atoms with Crippen LogP contribution in [0.1, 0.15) is 30.3 Å². The van der Waals surface area contributed by atoms with Crippen LogP contribution in [0.2, 0.25) is 0 Å². The summed E-state index contributed by atoms with van der Waals surface area (Å²) < 4.78 is 7.13. The maximum atomic E-state index is 12.5. The molecule has 1 aliphatic heterocycles. The van der Waals surface area contributed by atoms with Crippen LogP contribution in [-0.2, 0) is 16.1 Å². The number of amides is 2. The first-order chi connectivity index (χ1) is 12.7. The summed E-state index contributed by atoms with van der Waals surface area (Å²) in [7, 11) is 0. The molecule has 1 atom stereocenters. The quantitative estimate of drug-likeness (QED) is 0.812. The molecule has 8 heteroatoms. The van der Waals surface area contributed by atoms with E-state index in [2.05, 4.69) is 15.4 Å². The molecule has 1 fully saturated rings. The van der Waals surface area contributed by atoms with Gasteiger partial charge in [-0.3, -0.25) is 19.3 Å². The van der Waals surface area contributed by atoms with E-state index in [-0.39, 0.29) is 24.5 Å². The van der Waals surface area contributed by atoms with Gasteiger partial charge in [0.15, 0.2) is 0 Å². The molecule has 0 radical (unpaired) electrons. The van der Waals surface area contributed by atoms with Gasteiger partial charge in [0.2, 0.25) is 5.91 Å². The monoisotopic (exact) mass is 357 g/mol. The number of nitrogens with one attached hydrogen (secondary N) is 1. The van der Waals surface area contributed by atoms with Gasteiger partial charge in [0.05, 0.1) is 18.0 Å². The van der Waals surface area contributed by atoms with Gasteiger partial charge in [-0.25, -0.2) is 0 Å². The normalized spacial score (nSPS) is 16.4. The highest BCUT2D eigenvalue weighted by Gasteiger charge is 2.22. The second-order valence-electron chi connectivity index (χ2n) is 6.16. The molecule has 138 valence electrons. The third-order valence-electron chi connectivity index (χ3n) is 4.27. The highest BCUT2D eigenvalue weighted by Crippen LogP contribution is 2.14. The summed E-state index contributed by atoms with van der Waals surface area (Å²) in [5, 5.41) is 6.88. The van der Waals surface area contributed by atoms with Gasteiger partial charge in [-0.1, -0.05) is 6.07 Å². The first-order valence-corrected chi connectivity index (χ1v) is 8.80. The number of hydrogen-bond donors (Lipinski definition) is 1. The van der Waals surface area contributed by atoms with E-state index >= 15 is 0 Å². The lowest BCUT2D eigenvalue weighted by Crippen LogP contribution is -2.39. The number of ether oxygens (including phenoxy) is 1. The molecule has 26 heavy (non-hydrogen) atoms. The largest absolute Gasteiger partial charge is 0.376 e. The molecular weight excluding hydrogens is 334 g/mol. The second kappa shape index (κ2) is 8.57. The lowest BCUT2D eigenvalue weighted by atomic mass is 10.2. The van der Waals surface area contributed by atoms with Gasteiger partial charge >= 0.3 is 0 Å². The van der Waals surface area contributed by atoms with Gasteiger partial charge in [-0.05, 0) is 31.9 Å². The molecule has 0 bridgehead atoms. The van der Waals surface area contributed by atoms with Crippen molar-refractivity contribution in [2.75, 3.05) is 25.0 Å². The van der Waals surface area contributed by atoms with E-state index in [1.54, 1.807) is 35.5 Å². The van der Waals surface area contributed by atoms with Gasteiger partial charge in [-0.15, -0.1) is 0 Å². The van der Waals surface area contributed by atoms with Crippen LogP contribution in [0.4, 0.5) is 5.69 Å². The molecule has 0 aliphatic carbocycles. The van der Waals surface area contributed by atoms with Crippen molar-refractivity contribution in [3.8, 4) is 0 Å². The minimum atomic E-state index is -0.315. The van der Waals surface area contributed by atoms with Crippen LogP contribution in [0.15, 0.2) is 36.8 Å². The Kier molecular flexibility index (Phi) is 5.96. The zero-order valence-electron chi connectivity index (χ0n) is 14.8. The van der Waals surface area contributed by atoms with E-state index in [1.165, 1.54) is 10.9 Å². The maximum Gasteiger partial charge on any atom is 0.274 e. The molecule has 0 unspecified atom stereocenters. The van der Waals surface area contributed by atoms with Crippen molar-refractivity contribution < 1.29 is 14.3 Å². The zero-order valence-corrected chi connectivity index (χ0v) is 14.8. The SMILES string of the molecule is CCN(C[C@H]1CCCO1)C(=O)Cn1cc(NC(=O)c2ccccn2)cn1. The van der Waals surface area contributed by atoms with Crippen molar-refractivity contribution in [3.05, 3.63) is 42.5 Å². The smallest absolute Gasteiger partial charge is 0.274 e. The molecule has 0 saturated carbocycles. The maximum absolute atomic E-state index is 12.5. The van der Waals surface area contributed by atoms with Crippen LogP contribution in [0.5, 0.6) is 0 Å². The fourth-order valence-electron chi connectivity index (χ4n) is 2.89. The third-order valence-corrected chi connectivity index (χ3v) is 4.27. The lowest BCUT2D eigenvalue weighted by Gasteiger charge is -2.23. The van der Waals surface area contributed by atoms with E-state index in [0.29, 0.717) is 24.5 Å². The summed E-state index contributed by atoms with van der Waals surface area (Å²) in [4.78, 5) is 30.4. The molecule has 2 amide bonds. The molecule has 1 aliphatic rings. The summed E-state index contributed by atoms with van der Waals surface area (Å²) in [6, 6.07) is 5.13.